The van der Waals surface area contributed by atoms with E-state index in [-0.39, 0.29) is 18.1 Å². The van der Waals surface area contributed by atoms with Gasteiger partial charge in [-0.05, 0) is 24.6 Å². The van der Waals surface area contributed by atoms with Crippen molar-refractivity contribution < 1.29 is 14.3 Å². The molecule has 2 aromatic rings. The van der Waals surface area contributed by atoms with Crippen LogP contribution in [0, 0.1) is 6.92 Å². The summed E-state index contributed by atoms with van der Waals surface area (Å²) >= 11 is 0. The van der Waals surface area contributed by atoms with Crippen LogP contribution < -0.4 is 5.32 Å². The standard InChI is InChI=1S/C15H19N3O3/c1-9-16-11-4-3-10(5-12(11)17-9)6-15(19)18-13-7-21-8-14(13)20-2/h3-5,13-14H,6-8H2,1-2H3,(H,16,17)(H,18,19)/t13-,14-/m0/s1. The number of hydrogen-bond donors (Lipinski definition) is 2. The van der Waals surface area contributed by atoms with Gasteiger partial charge in [-0.15, -0.1) is 0 Å². The Morgan fingerprint density at radius 1 is 1.52 bits per heavy atom. The first kappa shape index (κ1) is 14.0. The summed E-state index contributed by atoms with van der Waals surface area (Å²) in [5.74, 6) is 0.848. The van der Waals surface area contributed by atoms with Crippen LogP contribution in [0.3, 0.4) is 0 Å². The average Bonchev–Trinajstić information content (AvgIpc) is 3.03. The number of hydrogen-bond acceptors (Lipinski definition) is 4. The summed E-state index contributed by atoms with van der Waals surface area (Å²) in [4.78, 5) is 19.7. The monoisotopic (exact) mass is 289 g/mol. The van der Waals surface area contributed by atoms with Gasteiger partial charge in [0.2, 0.25) is 5.91 Å². The second kappa shape index (κ2) is 5.83. The van der Waals surface area contributed by atoms with Gasteiger partial charge in [-0.2, -0.15) is 0 Å². The van der Waals surface area contributed by atoms with E-state index in [0.29, 0.717) is 19.6 Å². The Balaban J connectivity index is 1.65. The smallest absolute Gasteiger partial charge is 0.224 e. The Hall–Kier alpha value is -1.92. The molecule has 1 amide bonds. The second-order valence-corrected chi connectivity index (χ2v) is 5.34. The number of nitrogens with zero attached hydrogens (tertiary/aromatic N) is 1. The molecule has 2 atom stereocenters. The van der Waals surface area contributed by atoms with Gasteiger partial charge >= 0.3 is 0 Å². The van der Waals surface area contributed by atoms with Gasteiger partial charge in [0.05, 0.1) is 36.7 Å². The minimum Gasteiger partial charge on any atom is -0.377 e. The minimum atomic E-state index is -0.0689. The van der Waals surface area contributed by atoms with Crippen LogP contribution in [0.1, 0.15) is 11.4 Å². The lowest BCUT2D eigenvalue weighted by Crippen LogP contribution is -2.44. The number of aryl methyl sites for hydroxylation is 1. The number of methoxy groups -OCH3 is 1. The number of carbonyl (C=O) groups excluding carboxylic acids is 1. The molecular formula is C15H19N3O3. The zero-order valence-electron chi connectivity index (χ0n) is 12.2. The molecule has 1 aromatic carbocycles. The third-order valence-electron chi connectivity index (χ3n) is 3.71. The molecule has 6 heteroatoms. The fourth-order valence-electron chi connectivity index (χ4n) is 2.64. The highest BCUT2D eigenvalue weighted by Crippen LogP contribution is 2.14. The fraction of sp³-hybridized carbons (Fsp3) is 0.467. The lowest BCUT2D eigenvalue weighted by atomic mass is 10.1. The molecular weight excluding hydrogens is 270 g/mol. The number of fused-ring (bicyclic) bond motifs is 1. The van der Waals surface area contributed by atoms with Crippen LogP contribution in [0.5, 0.6) is 0 Å². The summed E-state index contributed by atoms with van der Waals surface area (Å²) < 4.78 is 10.6. The molecule has 0 bridgehead atoms. The maximum absolute atomic E-state index is 12.1. The summed E-state index contributed by atoms with van der Waals surface area (Å²) in [5, 5.41) is 2.97. The molecule has 1 aromatic heterocycles. The van der Waals surface area contributed by atoms with Crippen LogP contribution >= 0.6 is 0 Å². The van der Waals surface area contributed by atoms with Crippen molar-refractivity contribution in [3.05, 3.63) is 29.6 Å². The van der Waals surface area contributed by atoms with Crippen molar-refractivity contribution >= 4 is 16.9 Å². The SMILES string of the molecule is CO[C@H]1COC[C@@H]1NC(=O)Cc1ccc2nc(C)[nH]c2c1. The van der Waals surface area contributed by atoms with Crippen molar-refractivity contribution in [2.45, 2.75) is 25.5 Å². The molecule has 1 fully saturated rings. The number of rotatable bonds is 4. The highest BCUT2D eigenvalue weighted by atomic mass is 16.5. The molecule has 21 heavy (non-hydrogen) atoms. The number of benzene rings is 1. The molecule has 3 rings (SSSR count). The maximum Gasteiger partial charge on any atom is 0.224 e. The normalized spacial score (nSPS) is 21.8. The first-order valence-corrected chi connectivity index (χ1v) is 7.01. The Labute approximate surface area is 122 Å². The number of aromatic nitrogens is 2. The van der Waals surface area contributed by atoms with Crippen LogP contribution in [0.15, 0.2) is 18.2 Å². The number of H-pyrrole nitrogens is 1. The molecule has 6 nitrogen and oxygen atoms in total. The Morgan fingerprint density at radius 3 is 3.19 bits per heavy atom. The number of aromatic amines is 1. The van der Waals surface area contributed by atoms with E-state index in [2.05, 4.69) is 15.3 Å². The fourth-order valence-corrected chi connectivity index (χ4v) is 2.64. The summed E-state index contributed by atoms with van der Waals surface area (Å²) in [6.45, 7) is 2.95. The molecule has 2 heterocycles. The summed E-state index contributed by atoms with van der Waals surface area (Å²) in [7, 11) is 1.63. The van der Waals surface area contributed by atoms with Gasteiger partial charge in [0, 0.05) is 7.11 Å². The van der Waals surface area contributed by atoms with E-state index in [9.17, 15) is 4.79 Å². The van der Waals surface area contributed by atoms with E-state index in [1.807, 2.05) is 25.1 Å². The Kier molecular flexibility index (Phi) is 3.90. The summed E-state index contributed by atoms with van der Waals surface area (Å²) in [5.41, 5.74) is 2.83. The molecule has 112 valence electrons. The van der Waals surface area contributed by atoms with Crippen molar-refractivity contribution in [1.82, 2.24) is 15.3 Å². The summed E-state index contributed by atoms with van der Waals surface area (Å²) in [6, 6.07) is 5.76. The van der Waals surface area contributed by atoms with E-state index in [0.717, 1.165) is 22.4 Å². The number of imidazole rings is 1. The highest BCUT2D eigenvalue weighted by Gasteiger charge is 2.29. The van der Waals surface area contributed by atoms with Gasteiger partial charge in [0.15, 0.2) is 0 Å². The van der Waals surface area contributed by atoms with Crippen molar-refractivity contribution in [3.63, 3.8) is 0 Å². The molecule has 0 saturated carbocycles. The second-order valence-electron chi connectivity index (χ2n) is 5.34. The molecule has 0 unspecified atom stereocenters. The van der Waals surface area contributed by atoms with Crippen molar-refractivity contribution in [1.29, 1.82) is 0 Å². The number of amides is 1. The summed E-state index contributed by atoms with van der Waals surface area (Å²) in [6.07, 6.45) is 0.271. The maximum atomic E-state index is 12.1. The molecule has 1 aliphatic rings. The largest absolute Gasteiger partial charge is 0.377 e. The zero-order valence-corrected chi connectivity index (χ0v) is 12.2. The predicted molar refractivity (Wildman–Crippen MR) is 78.1 cm³/mol. The van der Waals surface area contributed by atoms with Crippen molar-refractivity contribution in [2.24, 2.45) is 0 Å². The molecule has 2 N–H and O–H groups in total. The lowest BCUT2D eigenvalue weighted by Gasteiger charge is -2.17. The number of nitrogens with one attached hydrogen (secondary N) is 2. The third-order valence-corrected chi connectivity index (χ3v) is 3.71. The third kappa shape index (κ3) is 3.06. The Morgan fingerprint density at radius 2 is 2.38 bits per heavy atom. The zero-order chi connectivity index (χ0) is 14.8. The van der Waals surface area contributed by atoms with E-state index < -0.39 is 0 Å². The Bertz CT molecular complexity index is 653. The van der Waals surface area contributed by atoms with Crippen LogP contribution in [0.4, 0.5) is 0 Å². The predicted octanol–water partition coefficient (Wildman–Crippen LogP) is 0.944. The van der Waals surface area contributed by atoms with Crippen LogP contribution in [0.2, 0.25) is 0 Å². The first-order valence-electron chi connectivity index (χ1n) is 7.01. The molecule has 1 aliphatic heterocycles. The van der Waals surface area contributed by atoms with Crippen LogP contribution in [-0.4, -0.2) is 48.3 Å². The van der Waals surface area contributed by atoms with Gasteiger partial charge in [-0.3, -0.25) is 4.79 Å². The van der Waals surface area contributed by atoms with Crippen LogP contribution in [0.25, 0.3) is 11.0 Å². The molecule has 0 spiro atoms. The van der Waals surface area contributed by atoms with E-state index >= 15 is 0 Å². The van der Waals surface area contributed by atoms with Crippen LogP contribution in [-0.2, 0) is 20.7 Å². The highest BCUT2D eigenvalue weighted by molar-refractivity contribution is 5.82. The minimum absolute atomic E-state index is 0.0249. The van der Waals surface area contributed by atoms with Gasteiger partial charge in [-0.1, -0.05) is 6.07 Å². The van der Waals surface area contributed by atoms with Gasteiger partial charge in [-0.25, -0.2) is 4.98 Å². The van der Waals surface area contributed by atoms with Gasteiger partial charge in [0.25, 0.3) is 0 Å². The quantitative estimate of drug-likeness (QED) is 0.878. The van der Waals surface area contributed by atoms with Crippen molar-refractivity contribution in [3.8, 4) is 0 Å². The van der Waals surface area contributed by atoms with E-state index in [1.54, 1.807) is 7.11 Å². The topological polar surface area (TPSA) is 76.2 Å². The first-order chi connectivity index (χ1) is 10.2. The molecule has 0 aliphatic carbocycles. The number of ether oxygens (including phenoxy) is 2. The average molecular weight is 289 g/mol. The lowest BCUT2D eigenvalue weighted by molar-refractivity contribution is -0.121. The van der Waals surface area contributed by atoms with Gasteiger partial charge in [0.1, 0.15) is 11.9 Å². The van der Waals surface area contributed by atoms with Gasteiger partial charge < -0.3 is 19.8 Å². The molecule has 0 radical (unpaired) electrons. The van der Waals surface area contributed by atoms with E-state index in [1.165, 1.54) is 0 Å². The van der Waals surface area contributed by atoms with Crippen molar-refractivity contribution in [2.75, 3.05) is 20.3 Å². The van der Waals surface area contributed by atoms with E-state index in [4.69, 9.17) is 9.47 Å². The molecule has 1 saturated heterocycles. The number of carbonyl (C=O) groups is 1.